The third-order valence-electron chi connectivity index (χ3n) is 3.47. The van der Waals surface area contributed by atoms with Gasteiger partial charge in [-0.3, -0.25) is 4.79 Å². The van der Waals surface area contributed by atoms with Gasteiger partial charge in [-0.1, -0.05) is 15.9 Å². The van der Waals surface area contributed by atoms with Crippen LogP contribution in [0.1, 0.15) is 19.3 Å². The molecule has 0 spiro atoms. The van der Waals surface area contributed by atoms with Crippen molar-refractivity contribution < 1.29 is 18.3 Å². The highest BCUT2D eigenvalue weighted by Gasteiger charge is 2.32. The van der Waals surface area contributed by atoms with Crippen LogP contribution in [0.25, 0.3) is 0 Å². The van der Waals surface area contributed by atoms with Crippen molar-refractivity contribution in [1.82, 2.24) is 4.31 Å². The minimum atomic E-state index is -3.46. The Labute approximate surface area is 126 Å². The van der Waals surface area contributed by atoms with E-state index in [4.69, 9.17) is 5.11 Å². The number of carboxylic acid groups (broad SMARTS) is 1. The zero-order chi connectivity index (χ0) is 14.8. The van der Waals surface area contributed by atoms with Crippen LogP contribution in [-0.4, -0.2) is 36.9 Å². The summed E-state index contributed by atoms with van der Waals surface area (Å²) >= 11 is 3.28. The first-order valence-corrected chi connectivity index (χ1v) is 8.60. The molecule has 7 heteroatoms. The first kappa shape index (κ1) is 15.5. The second-order valence-corrected chi connectivity index (χ2v) is 7.76. The predicted octanol–water partition coefficient (Wildman–Crippen LogP) is 2.32. The Morgan fingerprint density at radius 2 is 2.00 bits per heavy atom. The lowest BCUT2D eigenvalue weighted by Gasteiger charge is -2.16. The van der Waals surface area contributed by atoms with Crippen molar-refractivity contribution in [3.05, 3.63) is 28.7 Å². The maximum Gasteiger partial charge on any atom is 0.303 e. The van der Waals surface area contributed by atoms with Gasteiger partial charge >= 0.3 is 5.97 Å². The summed E-state index contributed by atoms with van der Waals surface area (Å²) in [5.74, 6) is -0.699. The monoisotopic (exact) mass is 361 g/mol. The number of rotatable bonds is 5. The van der Waals surface area contributed by atoms with E-state index in [1.54, 1.807) is 24.3 Å². The van der Waals surface area contributed by atoms with Gasteiger partial charge in [-0.25, -0.2) is 8.42 Å². The highest BCUT2D eigenvalue weighted by atomic mass is 79.9. The van der Waals surface area contributed by atoms with E-state index in [9.17, 15) is 13.2 Å². The summed E-state index contributed by atoms with van der Waals surface area (Å²) in [4.78, 5) is 10.8. The molecule has 0 saturated carbocycles. The van der Waals surface area contributed by atoms with Crippen LogP contribution in [0.4, 0.5) is 0 Å². The molecule has 1 unspecified atom stereocenters. The van der Waals surface area contributed by atoms with Gasteiger partial charge in [0.15, 0.2) is 0 Å². The Morgan fingerprint density at radius 1 is 1.35 bits per heavy atom. The van der Waals surface area contributed by atoms with Gasteiger partial charge in [-0.15, -0.1) is 0 Å². The smallest absolute Gasteiger partial charge is 0.303 e. The highest BCUT2D eigenvalue weighted by Crippen LogP contribution is 2.27. The number of carbonyl (C=O) groups is 1. The molecule has 1 aromatic carbocycles. The molecule has 5 nitrogen and oxygen atoms in total. The summed E-state index contributed by atoms with van der Waals surface area (Å²) < 4.78 is 27.1. The van der Waals surface area contributed by atoms with Gasteiger partial charge in [-0.2, -0.15) is 4.31 Å². The minimum Gasteiger partial charge on any atom is -0.481 e. The molecular formula is C13H16BrNO4S. The number of carboxylic acids is 1. The minimum absolute atomic E-state index is 0.0941. The van der Waals surface area contributed by atoms with E-state index in [1.807, 2.05) is 0 Å². The topological polar surface area (TPSA) is 74.7 Å². The Hall–Kier alpha value is -0.920. The van der Waals surface area contributed by atoms with Gasteiger partial charge in [0.25, 0.3) is 0 Å². The summed E-state index contributed by atoms with van der Waals surface area (Å²) in [6, 6.07) is 6.55. The number of sulfonamides is 1. The van der Waals surface area contributed by atoms with Gasteiger partial charge in [0.1, 0.15) is 0 Å². The molecule has 1 N–H and O–H groups in total. The second kappa shape index (κ2) is 6.24. The molecule has 1 aliphatic rings. The maximum absolute atomic E-state index is 12.4. The van der Waals surface area contributed by atoms with Crippen LogP contribution in [0.2, 0.25) is 0 Å². The third kappa shape index (κ3) is 3.59. The summed E-state index contributed by atoms with van der Waals surface area (Å²) in [7, 11) is -3.46. The molecule has 20 heavy (non-hydrogen) atoms. The molecule has 0 bridgehead atoms. The molecule has 1 fully saturated rings. The van der Waals surface area contributed by atoms with E-state index in [0.717, 1.165) is 10.9 Å². The largest absolute Gasteiger partial charge is 0.481 e. The third-order valence-corrected chi connectivity index (χ3v) is 5.87. The van der Waals surface area contributed by atoms with Crippen LogP contribution in [0.3, 0.4) is 0 Å². The predicted molar refractivity (Wildman–Crippen MR) is 77.9 cm³/mol. The summed E-state index contributed by atoms with van der Waals surface area (Å²) in [5, 5.41) is 8.67. The fraction of sp³-hybridized carbons (Fsp3) is 0.462. The first-order valence-electron chi connectivity index (χ1n) is 6.37. The normalized spacial score (nSPS) is 20.1. The summed E-state index contributed by atoms with van der Waals surface area (Å²) in [6.45, 7) is 0.869. The van der Waals surface area contributed by atoms with E-state index < -0.39 is 16.0 Å². The van der Waals surface area contributed by atoms with Crippen LogP contribution in [0.15, 0.2) is 33.6 Å². The lowest BCUT2D eigenvalue weighted by atomic mass is 10.0. The van der Waals surface area contributed by atoms with Crippen molar-refractivity contribution >= 4 is 31.9 Å². The van der Waals surface area contributed by atoms with E-state index in [-0.39, 0.29) is 17.2 Å². The zero-order valence-electron chi connectivity index (χ0n) is 10.8. The van der Waals surface area contributed by atoms with Crippen molar-refractivity contribution in [3.63, 3.8) is 0 Å². The number of aliphatic carboxylic acids is 1. The van der Waals surface area contributed by atoms with E-state index >= 15 is 0 Å². The Bertz CT molecular complexity index is 585. The number of hydrogen-bond donors (Lipinski definition) is 1. The first-order chi connectivity index (χ1) is 9.39. The molecule has 0 amide bonds. The highest BCUT2D eigenvalue weighted by molar-refractivity contribution is 9.10. The lowest BCUT2D eigenvalue weighted by molar-refractivity contribution is -0.137. The average molecular weight is 362 g/mol. The standard InChI is InChI=1S/C13H16BrNO4S/c14-11-2-4-12(5-3-11)20(18,19)15-8-7-10(9-15)1-6-13(16)17/h2-5,10H,1,6-9H2,(H,16,17). The van der Waals surface area contributed by atoms with Crippen molar-refractivity contribution in [3.8, 4) is 0 Å². The number of hydrogen-bond acceptors (Lipinski definition) is 3. The molecule has 0 aromatic heterocycles. The molecule has 1 aliphatic heterocycles. The van der Waals surface area contributed by atoms with Gasteiger partial charge in [-0.05, 0) is 43.0 Å². The van der Waals surface area contributed by atoms with Crippen molar-refractivity contribution in [2.45, 2.75) is 24.2 Å². The molecule has 2 rings (SSSR count). The van der Waals surface area contributed by atoms with E-state index in [0.29, 0.717) is 19.5 Å². The molecule has 0 radical (unpaired) electrons. The fourth-order valence-corrected chi connectivity index (χ4v) is 4.13. The average Bonchev–Trinajstić information content (AvgIpc) is 2.86. The van der Waals surface area contributed by atoms with E-state index in [2.05, 4.69) is 15.9 Å². The van der Waals surface area contributed by atoms with E-state index in [1.165, 1.54) is 4.31 Å². The number of nitrogens with zero attached hydrogens (tertiary/aromatic N) is 1. The van der Waals surface area contributed by atoms with Crippen molar-refractivity contribution in [1.29, 1.82) is 0 Å². The van der Waals surface area contributed by atoms with Crippen LogP contribution >= 0.6 is 15.9 Å². The van der Waals surface area contributed by atoms with Crippen molar-refractivity contribution in [2.75, 3.05) is 13.1 Å². The molecule has 1 saturated heterocycles. The summed E-state index contributed by atoms with van der Waals surface area (Å²) in [5.41, 5.74) is 0. The second-order valence-electron chi connectivity index (χ2n) is 4.90. The SMILES string of the molecule is O=C(O)CCC1CCN(S(=O)(=O)c2ccc(Br)cc2)C1. The lowest BCUT2D eigenvalue weighted by Crippen LogP contribution is -2.28. The molecule has 1 atom stereocenters. The van der Waals surface area contributed by atoms with Crippen LogP contribution in [-0.2, 0) is 14.8 Å². The Balaban J connectivity index is 2.05. The van der Waals surface area contributed by atoms with Gasteiger partial charge in [0.2, 0.25) is 10.0 Å². The van der Waals surface area contributed by atoms with Gasteiger partial charge in [0, 0.05) is 24.0 Å². The number of halogens is 1. The maximum atomic E-state index is 12.4. The van der Waals surface area contributed by atoms with Crippen LogP contribution in [0.5, 0.6) is 0 Å². The quantitative estimate of drug-likeness (QED) is 0.873. The molecular weight excluding hydrogens is 346 g/mol. The number of benzene rings is 1. The Morgan fingerprint density at radius 3 is 2.60 bits per heavy atom. The van der Waals surface area contributed by atoms with Gasteiger partial charge in [0.05, 0.1) is 4.90 Å². The van der Waals surface area contributed by atoms with Gasteiger partial charge < -0.3 is 5.11 Å². The molecule has 110 valence electrons. The fourth-order valence-electron chi connectivity index (χ4n) is 2.33. The zero-order valence-corrected chi connectivity index (χ0v) is 13.2. The van der Waals surface area contributed by atoms with Crippen LogP contribution < -0.4 is 0 Å². The molecule has 1 heterocycles. The Kier molecular flexibility index (Phi) is 4.82. The van der Waals surface area contributed by atoms with Crippen LogP contribution in [0, 0.1) is 5.92 Å². The molecule has 0 aliphatic carbocycles. The van der Waals surface area contributed by atoms with Crippen molar-refractivity contribution in [2.24, 2.45) is 5.92 Å². The molecule has 1 aromatic rings. The summed E-state index contributed by atoms with van der Waals surface area (Å²) in [6.07, 6.45) is 1.35.